The van der Waals surface area contributed by atoms with E-state index >= 15 is 0 Å². The third kappa shape index (κ3) is 4.32. The second-order valence-electron chi connectivity index (χ2n) is 6.45. The first-order chi connectivity index (χ1) is 10.1. The van der Waals surface area contributed by atoms with Gasteiger partial charge in [-0.05, 0) is 50.9 Å². The molecule has 2 rings (SSSR count). The molecule has 21 heavy (non-hydrogen) atoms. The number of carboxylic acid groups (broad SMARTS) is 1. The largest absolute Gasteiger partial charge is 0.481 e. The molecule has 1 unspecified atom stereocenters. The molecular formula is C17H27NO3. The Morgan fingerprint density at radius 1 is 1.29 bits per heavy atom. The zero-order valence-electron chi connectivity index (χ0n) is 12.9. The van der Waals surface area contributed by atoms with Crippen molar-refractivity contribution >= 4 is 11.9 Å². The molecule has 4 nitrogen and oxygen atoms in total. The molecule has 118 valence electrons. The van der Waals surface area contributed by atoms with Crippen molar-refractivity contribution in [3.8, 4) is 0 Å². The van der Waals surface area contributed by atoms with Gasteiger partial charge in [-0.15, -0.1) is 0 Å². The Kier molecular flexibility index (Phi) is 5.83. The molecule has 0 aromatic carbocycles. The second-order valence-corrected chi connectivity index (χ2v) is 6.45. The summed E-state index contributed by atoms with van der Waals surface area (Å²) in [5.41, 5.74) is 1.44. The Hall–Kier alpha value is -1.32. The highest BCUT2D eigenvalue weighted by Gasteiger charge is 2.41. The van der Waals surface area contributed by atoms with Crippen molar-refractivity contribution in [2.75, 3.05) is 6.54 Å². The predicted molar refractivity (Wildman–Crippen MR) is 81.8 cm³/mol. The maximum Gasteiger partial charge on any atom is 0.307 e. The predicted octanol–water partition coefficient (Wildman–Crippen LogP) is 3.13. The van der Waals surface area contributed by atoms with Gasteiger partial charge in [-0.2, -0.15) is 0 Å². The fraction of sp³-hybridized carbons (Fsp3) is 0.765. The summed E-state index contributed by atoms with van der Waals surface area (Å²) < 4.78 is 0. The lowest BCUT2D eigenvalue weighted by Crippen LogP contribution is -2.35. The Morgan fingerprint density at radius 2 is 2.05 bits per heavy atom. The summed E-state index contributed by atoms with van der Waals surface area (Å²) in [6, 6.07) is 0. The molecule has 1 amide bonds. The third-order valence-corrected chi connectivity index (χ3v) is 5.02. The smallest absolute Gasteiger partial charge is 0.307 e. The molecule has 0 saturated heterocycles. The number of carbonyl (C=O) groups is 2. The normalized spacial score (nSPS) is 29.0. The van der Waals surface area contributed by atoms with Gasteiger partial charge in [0.2, 0.25) is 5.91 Å². The summed E-state index contributed by atoms with van der Waals surface area (Å²) in [6.07, 6.45) is 10.4. The first-order valence-electron chi connectivity index (χ1n) is 8.30. The van der Waals surface area contributed by atoms with E-state index in [9.17, 15) is 14.7 Å². The minimum Gasteiger partial charge on any atom is -0.481 e. The van der Waals surface area contributed by atoms with Gasteiger partial charge in [-0.3, -0.25) is 9.59 Å². The van der Waals surface area contributed by atoms with Gasteiger partial charge >= 0.3 is 5.97 Å². The van der Waals surface area contributed by atoms with E-state index in [0.29, 0.717) is 18.9 Å². The van der Waals surface area contributed by atoms with Gasteiger partial charge in [0, 0.05) is 6.54 Å². The number of allylic oxidation sites excluding steroid dienone is 1. The summed E-state index contributed by atoms with van der Waals surface area (Å²) in [6.45, 7) is 2.71. The van der Waals surface area contributed by atoms with Gasteiger partial charge in [-0.25, -0.2) is 0 Å². The standard InChI is InChI=1S/C17H27NO3/c1-2-12-10-14(15(11-12)17(20)21)16(19)18-9-8-13-6-4-3-5-7-13/h6,12,14-15H,2-5,7-11H2,1H3,(H,18,19)(H,20,21)/t12?,14-,15+/m0/s1. The van der Waals surface area contributed by atoms with Crippen LogP contribution in [-0.2, 0) is 9.59 Å². The fourth-order valence-corrected chi connectivity index (χ4v) is 3.65. The molecule has 1 fully saturated rings. The Morgan fingerprint density at radius 3 is 2.67 bits per heavy atom. The van der Waals surface area contributed by atoms with E-state index in [2.05, 4.69) is 18.3 Å². The number of carboxylic acids is 1. The van der Waals surface area contributed by atoms with Crippen LogP contribution in [0.3, 0.4) is 0 Å². The second kappa shape index (κ2) is 7.62. The molecule has 0 aliphatic heterocycles. The minimum absolute atomic E-state index is 0.0604. The van der Waals surface area contributed by atoms with E-state index in [4.69, 9.17) is 0 Å². The van der Waals surface area contributed by atoms with Gasteiger partial charge in [0.15, 0.2) is 0 Å². The highest BCUT2D eigenvalue weighted by Crippen LogP contribution is 2.38. The molecule has 0 radical (unpaired) electrons. The molecule has 2 aliphatic carbocycles. The van der Waals surface area contributed by atoms with Crippen LogP contribution in [-0.4, -0.2) is 23.5 Å². The van der Waals surface area contributed by atoms with Crippen molar-refractivity contribution in [2.45, 2.75) is 58.3 Å². The average Bonchev–Trinajstić information content (AvgIpc) is 2.93. The summed E-state index contributed by atoms with van der Waals surface area (Å²) >= 11 is 0. The minimum atomic E-state index is -0.818. The maximum absolute atomic E-state index is 12.3. The number of carbonyl (C=O) groups excluding carboxylic acids is 1. The molecule has 0 aromatic heterocycles. The highest BCUT2D eigenvalue weighted by atomic mass is 16.4. The van der Waals surface area contributed by atoms with Crippen LogP contribution in [0.2, 0.25) is 0 Å². The summed E-state index contributed by atoms with van der Waals surface area (Å²) in [5, 5.41) is 12.2. The van der Waals surface area contributed by atoms with Crippen molar-refractivity contribution in [1.29, 1.82) is 0 Å². The molecule has 2 aliphatic rings. The van der Waals surface area contributed by atoms with E-state index in [1.165, 1.54) is 18.4 Å². The number of aliphatic carboxylic acids is 1. The van der Waals surface area contributed by atoms with Crippen LogP contribution in [0.25, 0.3) is 0 Å². The number of nitrogens with one attached hydrogen (secondary N) is 1. The molecule has 0 aromatic rings. The highest BCUT2D eigenvalue weighted by molar-refractivity contribution is 5.85. The van der Waals surface area contributed by atoms with Crippen molar-refractivity contribution in [3.05, 3.63) is 11.6 Å². The van der Waals surface area contributed by atoms with E-state index in [0.717, 1.165) is 32.1 Å². The fourth-order valence-electron chi connectivity index (χ4n) is 3.65. The molecular weight excluding hydrogens is 266 g/mol. The van der Waals surface area contributed by atoms with Crippen LogP contribution >= 0.6 is 0 Å². The van der Waals surface area contributed by atoms with Crippen LogP contribution in [0.4, 0.5) is 0 Å². The van der Waals surface area contributed by atoms with Crippen LogP contribution in [0, 0.1) is 17.8 Å². The number of amides is 1. The zero-order chi connectivity index (χ0) is 15.2. The van der Waals surface area contributed by atoms with E-state index in [1.54, 1.807) is 0 Å². The number of rotatable bonds is 6. The summed E-state index contributed by atoms with van der Waals surface area (Å²) in [7, 11) is 0. The summed E-state index contributed by atoms with van der Waals surface area (Å²) in [5.74, 6) is -1.34. The molecule has 3 atom stereocenters. The summed E-state index contributed by atoms with van der Waals surface area (Å²) in [4.78, 5) is 23.6. The quantitative estimate of drug-likeness (QED) is 0.739. The molecule has 2 N–H and O–H groups in total. The van der Waals surface area contributed by atoms with Gasteiger partial charge in [0.05, 0.1) is 11.8 Å². The molecule has 0 spiro atoms. The Bertz CT molecular complexity index is 416. The van der Waals surface area contributed by atoms with Crippen molar-refractivity contribution < 1.29 is 14.7 Å². The lowest BCUT2D eigenvalue weighted by molar-refractivity contribution is -0.146. The molecule has 0 bridgehead atoms. The first-order valence-corrected chi connectivity index (χ1v) is 8.30. The number of hydrogen-bond donors (Lipinski definition) is 2. The van der Waals surface area contributed by atoms with Crippen LogP contribution in [0.1, 0.15) is 58.3 Å². The van der Waals surface area contributed by atoms with Gasteiger partial charge in [-0.1, -0.05) is 25.0 Å². The van der Waals surface area contributed by atoms with Gasteiger partial charge in [0.25, 0.3) is 0 Å². The van der Waals surface area contributed by atoms with Crippen molar-refractivity contribution in [1.82, 2.24) is 5.32 Å². The van der Waals surface area contributed by atoms with Crippen LogP contribution in [0.5, 0.6) is 0 Å². The Labute approximate surface area is 127 Å². The monoisotopic (exact) mass is 293 g/mol. The third-order valence-electron chi connectivity index (χ3n) is 5.02. The van der Waals surface area contributed by atoms with Crippen LogP contribution in [0.15, 0.2) is 11.6 Å². The van der Waals surface area contributed by atoms with Crippen molar-refractivity contribution in [3.63, 3.8) is 0 Å². The topological polar surface area (TPSA) is 66.4 Å². The lowest BCUT2D eigenvalue weighted by atomic mass is 9.95. The first kappa shape index (κ1) is 16.1. The maximum atomic E-state index is 12.3. The average molecular weight is 293 g/mol. The SMILES string of the molecule is CCC1C[C@H](C(=O)NCCC2=CCCCC2)[C@H](C(=O)O)C1. The van der Waals surface area contributed by atoms with Gasteiger partial charge in [0.1, 0.15) is 0 Å². The molecule has 0 heterocycles. The van der Waals surface area contributed by atoms with Crippen molar-refractivity contribution in [2.24, 2.45) is 17.8 Å². The van der Waals surface area contributed by atoms with Crippen LogP contribution < -0.4 is 5.32 Å². The van der Waals surface area contributed by atoms with E-state index in [-0.39, 0.29) is 11.8 Å². The molecule has 1 saturated carbocycles. The van der Waals surface area contributed by atoms with Gasteiger partial charge < -0.3 is 10.4 Å². The van der Waals surface area contributed by atoms with E-state index < -0.39 is 11.9 Å². The van der Waals surface area contributed by atoms with E-state index in [1.807, 2.05) is 0 Å². The lowest BCUT2D eigenvalue weighted by Gasteiger charge is -2.17. The zero-order valence-corrected chi connectivity index (χ0v) is 12.9. The molecule has 4 heteroatoms. The Balaban J connectivity index is 1.81. The number of hydrogen-bond acceptors (Lipinski definition) is 2.